The standard InChI is InChI=1S/C12H16BrNO2/c1-14(6-3-7-16-2)12-5-4-11(13)8-10(12)9-15/h4-5,8-9H,3,6-7H2,1-2H3. The van der Waals surface area contributed by atoms with Gasteiger partial charge in [0.2, 0.25) is 0 Å². The van der Waals surface area contributed by atoms with Gasteiger partial charge in [-0.15, -0.1) is 0 Å². The summed E-state index contributed by atoms with van der Waals surface area (Å²) in [5, 5.41) is 0. The van der Waals surface area contributed by atoms with E-state index in [2.05, 4.69) is 20.8 Å². The zero-order valence-electron chi connectivity index (χ0n) is 9.57. The summed E-state index contributed by atoms with van der Waals surface area (Å²) in [6, 6.07) is 5.71. The molecule has 1 aromatic rings. The SMILES string of the molecule is COCCCN(C)c1ccc(Br)cc1C=O. The molecule has 0 atom stereocenters. The number of ether oxygens (including phenoxy) is 1. The molecule has 0 aromatic heterocycles. The van der Waals surface area contributed by atoms with Crippen molar-refractivity contribution in [2.45, 2.75) is 6.42 Å². The van der Waals surface area contributed by atoms with E-state index in [9.17, 15) is 4.79 Å². The predicted molar refractivity (Wildman–Crippen MR) is 69.3 cm³/mol. The van der Waals surface area contributed by atoms with E-state index in [1.807, 2.05) is 25.2 Å². The van der Waals surface area contributed by atoms with Crippen molar-refractivity contribution in [3.05, 3.63) is 28.2 Å². The van der Waals surface area contributed by atoms with E-state index in [-0.39, 0.29) is 0 Å². The highest BCUT2D eigenvalue weighted by Gasteiger charge is 2.06. The first-order valence-electron chi connectivity index (χ1n) is 5.14. The third-order valence-corrected chi connectivity index (χ3v) is 2.86. The average molecular weight is 286 g/mol. The Morgan fingerprint density at radius 2 is 2.25 bits per heavy atom. The molecule has 88 valence electrons. The van der Waals surface area contributed by atoms with E-state index in [0.717, 1.165) is 36.0 Å². The Bertz CT molecular complexity index is 355. The fraction of sp³-hybridized carbons (Fsp3) is 0.417. The lowest BCUT2D eigenvalue weighted by Crippen LogP contribution is -2.21. The summed E-state index contributed by atoms with van der Waals surface area (Å²) in [5.41, 5.74) is 1.66. The smallest absolute Gasteiger partial charge is 0.152 e. The normalized spacial score (nSPS) is 10.2. The molecule has 0 unspecified atom stereocenters. The first-order valence-corrected chi connectivity index (χ1v) is 5.93. The van der Waals surface area contributed by atoms with Gasteiger partial charge in [0.1, 0.15) is 0 Å². The van der Waals surface area contributed by atoms with Crippen molar-refractivity contribution >= 4 is 27.9 Å². The van der Waals surface area contributed by atoms with Crippen molar-refractivity contribution in [2.75, 3.05) is 32.2 Å². The van der Waals surface area contributed by atoms with Crippen molar-refractivity contribution in [1.29, 1.82) is 0 Å². The third kappa shape index (κ3) is 3.61. The monoisotopic (exact) mass is 285 g/mol. The Morgan fingerprint density at radius 1 is 1.50 bits per heavy atom. The van der Waals surface area contributed by atoms with E-state index in [1.165, 1.54) is 0 Å². The van der Waals surface area contributed by atoms with Crippen molar-refractivity contribution in [1.82, 2.24) is 0 Å². The van der Waals surface area contributed by atoms with Crippen molar-refractivity contribution < 1.29 is 9.53 Å². The Balaban J connectivity index is 2.74. The van der Waals surface area contributed by atoms with Gasteiger partial charge in [-0.25, -0.2) is 0 Å². The molecule has 0 fully saturated rings. The second-order valence-electron chi connectivity index (χ2n) is 3.59. The van der Waals surface area contributed by atoms with Gasteiger partial charge in [0, 0.05) is 43.0 Å². The lowest BCUT2D eigenvalue weighted by atomic mass is 10.2. The molecule has 0 spiro atoms. The van der Waals surface area contributed by atoms with Gasteiger partial charge in [-0.3, -0.25) is 4.79 Å². The number of nitrogens with zero attached hydrogens (tertiary/aromatic N) is 1. The highest BCUT2D eigenvalue weighted by molar-refractivity contribution is 9.10. The molecule has 4 heteroatoms. The molecule has 0 amide bonds. The molecule has 1 aromatic carbocycles. The van der Waals surface area contributed by atoms with Crippen LogP contribution in [-0.4, -0.2) is 33.6 Å². The number of carbonyl (C=O) groups excluding carboxylic acids is 1. The molecular formula is C12H16BrNO2. The zero-order valence-corrected chi connectivity index (χ0v) is 11.2. The van der Waals surface area contributed by atoms with Crippen LogP contribution >= 0.6 is 15.9 Å². The van der Waals surface area contributed by atoms with Crippen LogP contribution in [0.5, 0.6) is 0 Å². The summed E-state index contributed by atoms with van der Waals surface area (Å²) in [5.74, 6) is 0. The Kier molecular flexibility index (Phi) is 5.49. The summed E-state index contributed by atoms with van der Waals surface area (Å²) in [7, 11) is 3.67. The second kappa shape index (κ2) is 6.66. The second-order valence-corrected chi connectivity index (χ2v) is 4.50. The molecule has 0 aliphatic heterocycles. The molecule has 0 N–H and O–H groups in total. The maximum absolute atomic E-state index is 10.9. The molecule has 0 aliphatic rings. The van der Waals surface area contributed by atoms with Gasteiger partial charge in [-0.05, 0) is 24.6 Å². The predicted octanol–water partition coefficient (Wildman–Crippen LogP) is 2.73. The molecule has 1 rings (SSSR count). The van der Waals surface area contributed by atoms with Crippen LogP contribution < -0.4 is 4.90 Å². The Labute approximate surface area is 105 Å². The zero-order chi connectivity index (χ0) is 12.0. The van der Waals surface area contributed by atoms with Gasteiger partial charge in [-0.1, -0.05) is 15.9 Å². The van der Waals surface area contributed by atoms with Gasteiger partial charge < -0.3 is 9.64 Å². The van der Waals surface area contributed by atoms with Crippen LogP contribution in [0.25, 0.3) is 0 Å². The summed E-state index contributed by atoms with van der Waals surface area (Å²) >= 11 is 3.35. The quantitative estimate of drug-likeness (QED) is 0.595. The molecular weight excluding hydrogens is 270 g/mol. The minimum atomic E-state index is 0.703. The van der Waals surface area contributed by atoms with Crippen LogP contribution in [0.15, 0.2) is 22.7 Å². The summed E-state index contributed by atoms with van der Waals surface area (Å²) in [4.78, 5) is 13.0. The van der Waals surface area contributed by atoms with Gasteiger partial charge in [0.05, 0.1) is 0 Å². The summed E-state index contributed by atoms with van der Waals surface area (Å²) in [6.45, 7) is 1.60. The topological polar surface area (TPSA) is 29.5 Å². The maximum atomic E-state index is 10.9. The number of rotatable bonds is 6. The van der Waals surface area contributed by atoms with Gasteiger partial charge in [0.15, 0.2) is 6.29 Å². The first-order chi connectivity index (χ1) is 7.69. The van der Waals surface area contributed by atoms with Crippen molar-refractivity contribution in [2.24, 2.45) is 0 Å². The van der Waals surface area contributed by atoms with Gasteiger partial charge in [-0.2, -0.15) is 0 Å². The maximum Gasteiger partial charge on any atom is 0.152 e. The molecule has 0 heterocycles. The van der Waals surface area contributed by atoms with E-state index >= 15 is 0 Å². The molecule has 0 radical (unpaired) electrons. The number of aldehydes is 1. The lowest BCUT2D eigenvalue weighted by molar-refractivity contribution is 0.112. The molecule has 3 nitrogen and oxygen atoms in total. The molecule has 0 saturated heterocycles. The first kappa shape index (κ1) is 13.2. The summed E-state index contributed by atoms with van der Waals surface area (Å²) in [6.07, 6.45) is 1.83. The van der Waals surface area contributed by atoms with Gasteiger partial charge >= 0.3 is 0 Å². The fourth-order valence-electron chi connectivity index (χ4n) is 1.53. The largest absolute Gasteiger partial charge is 0.385 e. The van der Waals surface area contributed by atoms with Crippen LogP contribution in [0.4, 0.5) is 5.69 Å². The third-order valence-electron chi connectivity index (χ3n) is 2.37. The molecule has 0 aliphatic carbocycles. The van der Waals surface area contributed by atoms with Gasteiger partial charge in [0.25, 0.3) is 0 Å². The number of benzene rings is 1. The molecule has 16 heavy (non-hydrogen) atoms. The van der Waals surface area contributed by atoms with Crippen molar-refractivity contribution in [3.8, 4) is 0 Å². The number of hydrogen-bond donors (Lipinski definition) is 0. The highest BCUT2D eigenvalue weighted by atomic mass is 79.9. The van der Waals surface area contributed by atoms with Crippen LogP contribution in [0, 0.1) is 0 Å². The van der Waals surface area contributed by atoms with E-state index in [0.29, 0.717) is 5.56 Å². The van der Waals surface area contributed by atoms with E-state index in [4.69, 9.17) is 4.74 Å². The van der Waals surface area contributed by atoms with Crippen LogP contribution in [0.3, 0.4) is 0 Å². The Morgan fingerprint density at radius 3 is 2.88 bits per heavy atom. The number of carbonyl (C=O) groups is 1. The lowest BCUT2D eigenvalue weighted by Gasteiger charge is -2.20. The number of hydrogen-bond acceptors (Lipinski definition) is 3. The Hall–Kier alpha value is -0.870. The minimum absolute atomic E-state index is 0.703. The molecule has 0 saturated carbocycles. The fourth-order valence-corrected chi connectivity index (χ4v) is 1.91. The van der Waals surface area contributed by atoms with Crippen LogP contribution in [0.1, 0.15) is 16.8 Å². The highest BCUT2D eigenvalue weighted by Crippen LogP contribution is 2.22. The number of methoxy groups -OCH3 is 1. The van der Waals surface area contributed by atoms with E-state index in [1.54, 1.807) is 7.11 Å². The van der Waals surface area contributed by atoms with E-state index < -0.39 is 0 Å². The van der Waals surface area contributed by atoms with Crippen LogP contribution in [0.2, 0.25) is 0 Å². The number of halogens is 1. The average Bonchev–Trinajstić information content (AvgIpc) is 2.29. The summed E-state index contributed by atoms with van der Waals surface area (Å²) < 4.78 is 5.92. The van der Waals surface area contributed by atoms with Crippen molar-refractivity contribution in [3.63, 3.8) is 0 Å². The molecule has 0 bridgehead atoms. The number of anilines is 1. The van der Waals surface area contributed by atoms with Crippen LogP contribution in [-0.2, 0) is 4.74 Å². The minimum Gasteiger partial charge on any atom is -0.385 e.